The smallest absolute Gasteiger partial charge is 0.231 e. The fourth-order valence-corrected chi connectivity index (χ4v) is 2.97. The van der Waals surface area contributed by atoms with Crippen molar-refractivity contribution in [1.82, 2.24) is 5.32 Å². The molecule has 0 aromatic heterocycles. The van der Waals surface area contributed by atoms with Gasteiger partial charge in [0.2, 0.25) is 5.91 Å². The number of hydrogen-bond acceptors (Lipinski definition) is 2. The molecule has 1 aromatic carbocycles. The van der Waals surface area contributed by atoms with Crippen molar-refractivity contribution in [3.63, 3.8) is 0 Å². The molecule has 0 saturated carbocycles. The van der Waals surface area contributed by atoms with Crippen LogP contribution in [-0.2, 0) is 4.79 Å². The molecule has 0 saturated heterocycles. The molecule has 3 nitrogen and oxygen atoms in total. The largest absolute Gasteiger partial charge is 0.492 e. The van der Waals surface area contributed by atoms with Gasteiger partial charge in [-0.25, -0.2) is 0 Å². The number of alkyl halides is 1. The molecule has 1 aliphatic rings. The average molecular weight is 296 g/mol. The van der Waals surface area contributed by atoms with E-state index >= 15 is 0 Å². The van der Waals surface area contributed by atoms with Crippen LogP contribution in [-0.4, -0.2) is 24.9 Å². The van der Waals surface area contributed by atoms with E-state index in [1.807, 2.05) is 24.3 Å². The molecule has 1 amide bonds. The van der Waals surface area contributed by atoms with E-state index in [2.05, 4.69) is 12.2 Å². The third-order valence-electron chi connectivity index (χ3n) is 3.80. The van der Waals surface area contributed by atoms with Crippen LogP contribution in [0.4, 0.5) is 0 Å². The van der Waals surface area contributed by atoms with Crippen molar-refractivity contribution >= 4 is 17.5 Å². The number of carbonyl (C=O) groups is 1. The fourth-order valence-electron chi connectivity index (χ4n) is 2.66. The van der Waals surface area contributed by atoms with Gasteiger partial charge in [0.25, 0.3) is 0 Å². The second-order valence-electron chi connectivity index (χ2n) is 5.28. The highest BCUT2D eigenvalue weighted by Gasteiger charge is 2.29. The summed E-state index contributed by atoms with van der Waals surface area (Å²) >= 11 is 5.81. The standard InChI is InChI=1S/C16H22ClNO2/c1-2-5-12(8-9-17)10-18-16(19)14-11-20-15-7-4-3-6-13(14)15/h3-4,6-7,12,14H,2,5,8-11H2,1H3,(H,18,19). The number of hydrogen-bond donors (Lipinski definition) is 1. The van der Waals surface area contributed by atoms with Crippen LogP contribution in [0.15, 0.2) is 24.3 Å². The van der Waals surface area contributed by atoms with E-state index in [9.17, 15) is 4.79 Å². The predicted octanol–water partition coefficient (Wildman–Crippen LogP) is 3.32. The summed E-state index contributed by atoms with van der Waals surface area (Å²) in [6.45, 7) is 3.31. The third-order valence-corrected chi connectivity index (χ3v) is 4.01. The van der Waals surface area contributed by atoms with Gasteiger partial charge in [-0.2, -0.15) is 0 Å². The first-order valence-electron chi connectivity index (χ1n) is 7.31. The first kappa shape index (κ1) is 15.2. The zero-order valence-corrected chi connectivity index (χ0v) is 12.7. The molecule has 0 radical (unpaired) electrons. The molecule has 0 bridgehead atoms. The Morgan fingerprint density at radius 2 is 2.25 bits per heavy atom. The lowest BCUT2D eigenvalue weighted by Gasteiger charge is -2.17. The Labute approximate surface area is 125 Å². The summed E-state index contributed by atoms with van der Waals surface area (Å²) in [5.74, 6) is 1.84. The molecule has 1 N–H and O–H groups in total. The number of para-hydroxylation sites is 1. The van der Waals surface area contributed by atoms with Gasteiger partial charge in [-0.1, -0.05) is 31.5 Å². The Morgan fingerprint density at radius 1 is 1.45 bits per heavy atom. The molecule has 1 heterocycles. The summed E-state index contributed by atoms with van der Waals surface area (Å²) < 4.78 is 5.55. The molecule has 2 unspecified atom stereocenters. The number of ether oxygens (including phenoxy) is 1. The highest BCUT2D eigenvalue weighted by molar-refractivity contribution is 6.17. The number of amides is 1. The number of rotatable bonds is 7. The van der Waals surface area contributed by atoms with Gasteiger partial charge in [-0.3, -0.25) is 4.79 Å². The van der Waals surface area contributed by atoms with Crippen molar-refractivity contribution in [3.05, 3.63) is 29.8 Å². The fraction of sp³-hybridized carbons (Fsp3) is 0.562. The van der Waals surface area contributed by atoms with E-state index in [-0.39, 0.29) is 11.8 Å². The van der Waals surface area contributed by atoms with Gasteiger partial charge in [0, 0.05) is 18.0 Å². The molecule has 0 fully saturated rings. The van der Waals surface area contributed by atoms with Crippen molar-refractivity contribution in [1.29, 1.82) is 0 Å². The Hall–Kier alpha value is -1.22. The van der Waals surface area contributed by atoms with Gasteiger partial charge in [-0.15, -0.1) is 11.6 Å². The predicted molar refractivity (Wildman–Crippen MR) is 81.4 cm³/mol. The van der Waals surface area contributed by atoms with E-state index in [4.69, 9.17) is 16.3 Å². The summed E-state index contributed by atoms with van der Waals surface area (Å²) in [7, 11) is 0. The molecule has 0 aliphatic carbocycles. The van der Waals surface area contributed by atoms with Crippen LogP contribution in [0, 0.1) is 5.92 Å². The topological polar surface area (TPSA) is 38.3 Å². The normalized spacial score (nSPS) is 18.2. The Balaban J connectivity index is 1.89. The minimum absolute atomic E-state index is 0.0608. The van der Waals surface area contributed by atoms with Gasteiger partial charge in [0.1, 0.15) is 18.3 Å². The monoisotopic (exact) mass is 295 g/mol. The number of carbonyl (C=O) groups excluding carboxylic acids is 1. The van der Waals surface area contributed by atoms with Gasteiger partial charge in [-0.05, 0) is 24.8 Å². The molecular formula is C16H22ClNO2. The Bertz CT molecular complexity index is 444. The maximum atomic E-state index is 12.3. The lowest BCUT2D eigenvalue weighted by atomic mass is 9.98. The van der Waals surface area contributed by atoms with Crippen molar-refractivity contribution in [3.8, 4) is 5.75 Å². The molecule has 1 aromatic rings. The quantitative estimate of drug-likeness (QED) is 0.784. The summed E-state index contributed by atoms with van der Waals surface area (Å²) in [6, 6.07) is 7.75. The average Bonchev–Trinajstić information content (AvgIpc) is 2.89. The van der Waals surface area contributed by atoms with Crippen molar-refractivity contribution in [2.75, 3.05) is 19.0 Å². The summed E-state index contributed by atoms with van der Waals surface area (Å²) in [6.07, 6.45) is 3.17. The zero-order valence-electron chi connectivity index (χ0n) is 11.9. The molecule has 4 heteroatoms. The van der Waals surface area contributed by atoms with Crippen LogP contribution in [0.1, 0.15) is 37.7 Å². The number of nitrogens with one attached hydrogen (secondary N) is 1. The highest BCUT2D eigenvalue weighted by Crippen LogP contribution is 2.33. The maximum absolute atomic E-state index is 12.3. The lowest BCUT2D eigenvalue weighted by molar-refractivity contribution is -0.122. The number of fused-ring (bicyclic) bond motifs is 1. The van der Waals surface area contributed by atoms with Crippen LogP contribution < -0.4 is 10.1 Å². The van der Waals surface area contributed by atoms with E-state index in [1.165, 1.54) is 0 Å². The summed E-state index contributed by atoms with van der Waals surface area (Å²) in [5.41, 5.74) is 0.995. The molecule has 110 valence electrons. The van der Waals surface area contributed by atoms with Crippen LogP contribution in [0.3, 0.4) is 0 Å². The molecular weight excluding hydrogens is 274 g/mol. The van der Waals surface area contributed by atoms with E-state index in [0.717, 1.165) is 30.6 Å². The van der Waals surface area contributed by atoms with Gasteiger partial charge >= 0.3 is 0 Å². The molecule has 20 heavy (non-hydrogen) atoms. The van der Waals surface area contributed by atoms with E-state index < -0.39 is 0 Å². The summed E-state index contributed by atoms with van der Waals surface area (Å²) in [4.78, 5) is 12.3. The second-order valence-corrected chi connectivity index (χ2v) is 5.66. The highest BCUT2D eigenvalue weighted by atomic mass is 35.5. The van der Waals surface area contributed by atoms with Gasteiger partial charge in [0.05, 0.1) is 0 Å². The first-order chi connectivity index (χ1) is 9.76. The minimum atomic E-state index is -0.176. The number of benzene rings is 1. The van der Waals surface area contributed by atoms with Crippen molar-refractivity contribution in [2.24, 2.45) is 5.92 Å². The number of halogens is 1. The van der Waals surface area contributed by atoms with Crippen LogP contribution in [0.2, 0.25) is 0 Å². The lowest BCUT2D eigenvalue weighted by Crippen LogP contribution is -2.34. The minimum Gasteiger partial charge on any atom is -0.492 e. The molecule has 1 aliphatic heterocycles. The maximum Gasteiger partial charge on any atom is 0.231 e. The Kier molecular flexibility index (Phi) is 5.72. The van der Waals surface area contributed by atoms with Crippen LogP contribution >= 0.6 is 11.6 Å². The molecule has 2 atom stereocenters. The van der Waals surface area contributed by atoms with Crippen LogP contribution in [0.5, 0.6) is 5.75 Å². The second kappa shape index (κ2) is 7.53. The first-order valence-corrected chi connectivity index (χ1v) is 7.85. The van der Waals surface area contributed by atoms with Crippen molar-refractivity contribution < 1.29 is 9.53 Å². The Morgan fingerprint density at radius 3 is 3.00 bits per heavy atom. The van der Waals surface area contributed by atoms with E-state index in [0.29, 0.717) is 24.9 Å². The van der Waals surface area contributed by atoms with Gasteiger partial charge < -0.3 is 10.1 Å². The zero-order chi connectivity index (χ0) is 14.4. The van der Waals surface area contributed by atoms with Crippen molar-refractivity contribution in [2.45, 2.75) is 32.1 Å². The third kappa shape index (κ3) is 3.66. The SMILES string of the molecule is CCCC(CCCl)CNC(=O)C1COc2ccccc21. The van der Waals surface area contributed by atoms with E-state index in [1.54, 1.807) is 0 Å². The summed E-state index contributed by atoms with van der Waals surface area (Å²) in [5, 5.41) is 3.06. The molecule has 2 rings (SSSR count). The van der Waals surface area contributed by atoms with Gasteiger partial charge in [0.15, 0.2) is 0 Å². The van der Waals surface area contributed by atoms with Crippen LogP contribution in [0.25, 0.3) is 0 Å². The molecule has 0 spiro atoms.